The molecule has 38 heavy (non-hydrogen) atoms. The normalized spacial score (nSPS) is 43.3. The summed E-state index contributed by atoms with van der Waals surface area (Å²) in [6.07, 6.45) is 13.4. The van der Waals surface area contributed by atoms with Gasteiger partial charge in [0.2, 0.25) is 0 Å². The number of aliphatic hydroxyl groups excluding tert-OH is 2. The second kappa shape index (κ2) is 10.3. The molecule has 0 bridgehead atoms. The number of benzene rings is 1. The van der Waals surface area contributed by atoms with E-state index in [0.29, 0.717) is 41.4 Å². The number of aromatic carboxylic acids is 1. The van der Waals surface area contributed by atoms with E-state index in [-0.39, 0.29) is 34.4 Å². The monoisotopic (exact) mass is 524 g/mol. The van der Waals surface area contributed by atoms with Gasteiger partial charge in [-0.05, 0) is 121 Å². The summed E-state index contributed by atoms with van der Waals surface area (Å²) in [6, 6.07) is 4.72. The molecule has 4 fully saturated rings. The first-order valence-electron chi connectivity index (χ1n) is 15.1. The highest BCUT2D eigenvalue weighted by Crippen LogP contribution is 2.69. The molecule has 0 heterocycles. The number of carboxylic acids is 1. The number of aliphatic hydroxyl groups is 2. The minimum absolute atomic E-state index is 0.0733. The van der Waals surface area contributed by atoms with Crippen molar-refractivity contribution in [1.82, 2.24) is 0 Å². The maximum Gasteiger partial charge on any atom is 0.339 e. The van der Waals surface area contributed by atoms with E-state index in [0.717, 1.165) is 37.7 Å². The lowest BCUT2D eigenvalue weighted by molar-refractivity contribution is -0.203. The smallest absolute Gasteiger partial charge is 0.339 e. The third-order valence-corrected chi connectivity index (χ3v) is 12.2. The fourth-order valence-electron chi connectivity index (χ4n) is 10.3. The van der Waals surface area contributed by atoms with Crippen LogP contribution in [0, 0.1) is 52.3 Å². The third-order valence-electron chi connectivity index (χ3n) is 12.2. The number of phenols is 1. The first-order chi connectivity index (χ1) is 18.0. The molecular formula is C33H48O5. The summed E-state index contributed by atoms with van der Waals surface area (Å²) in [5.74, 6) is 2.04. The van der Waals surface area contributed by atoms with Crippen LogP contribution in [0.15, 0.2) is 24.3 Å². The van der Waals surface area contributed by atoms with E-state index in [4.69, 9.17) is 5.11 Å². The standard InChI is InChI=1S/C33H48O5/c1-5-22-27-18-21(34)13-15-33(27,4)26-14-16-32(3)24(11-12-25(32)29(26)30(22)36)19(2)7-6-8-20-9-10-23(31(37)38)28(35)17-20/h6,8-10,17,19,21-22,24-27,29-30,34-36H,5,7,11-16,18H2,1-4H3,(H,37,38)/b8-6+/t19-,21-,22-,24?,25?,26?,27+,29?,30-,32-,33-/m1/s1. The largest absolute Gasteiger partial charge is 0.507 e. The van der Waals surface area contributed by atoms with E-state index in [1.807, 2.05) is 6.08 Å². The van der Waals surface area contributed by atoms with Gasteiger partial charge in [-0.1, -0.05) is 52.3 Å². The van der Waals surface area contributed by atoms with E-state index in [1.54, 1.807) is 6.07 Å². The summed E-state index contributed by atoms with van der Waals surface area (Å²) in [7, 11) is 0. The Labute approximate surface area is 228 Å². The average molecular weight is 525 g/mol. The number of aromatic hydroxyl groups is 1. The number of fused-ring (bicyclic) bond motifs is 5. The summed E-state index contributed by atoms with van der Waals surface area (Å²) in [4.78, 5) is 11.2. The van der Waals surface area contributed by atoms with Crippen molar-refractivity contribution in [1.29, 1.82) is 0 Å². The number of hydrogen-bond acceptors (Lipinski definition) is 4. The van der Waals surface area contributed by atoms with Crippen molar-refractivity contribution in [2.45, 2.75) is 97.7 Å². The van der Waals surface area contributed by atoms with Gasteiger partial charge in [-0.15, -0.1) is 0 Å². The lowest BCUT2D eigenvalue weighted by Gasteiger charge is -2.64. The zero-order chi connectivity index (χ0) is 27.4. The Morgan fingerprint density at radius 3 is 2.45 bits per heavy atom. The minimum atomic E-state index is -1.12. The number of carbonyl (C=O) groups is 1. The van der Waals surface area contributed by atoms with Crippen LogP contribution in [0.1, 0.15) is 101 Å². The molecule has 4 aliphatic rings. The van der Waals surface area contributed by atoms with Gasteiger partial charge in [0.25, 0.3) is 0 Å². The Morgan fingerprint density at radius 2 is 1.76 bits per heavy atom. The van der Waals surface area contributed by atoms with Crippen molar-refractivity contribution < 1.29 is 25.2 Å². The Kier molecular flexibility index (Phi) is 7.49. The summed E-state index contributed by atoms with van der Waals surface area (Å²) >= 11 is 0. The number of allylic oxidation sites excluding steroid dienone is 1. The van der Waals surface area contributed by atoms with Gasteiger partial charge in [0, 0.05) is 0 Å². The van der Waals surface area contributed by atoms with Crippen molar-refractivity contribution in [2.24, 2.45) is 52.3 Å². The molecule has 4 N–H and O–H groups in total. The highest BCUT2D eigenvalue weighted by Gasteiger charge is 2.64. The molecule has 0 spiro atoms. The predicted molar refractivity (Wildman–Crippen MR) is 150 cm³/mol. The van der Waals surface area contributed by atoms with Gasteiger partial charge in [0.15, 0.2) is 0 Å². The highest BCUT2D eigenvalue weighted by atomic mass is 16.4. The van der Waals surface area contributed by atoms with Crippen LogP contribution in [0.3, 0.4) is 0 Å². The van der Waals surface area contributed by atoms with Crippen LogP contribution in [-0.2, 0) is 0 Å². The van der Waals surface area contributed by atoms with Crippen molar-refractivity contribution >= 4 is 12.0 Å². The lowest BCUT2D eigenvalue weighted by Crippen LogP contribution is -2.62. The summed E-state index contributed by atoms with van der Waals surface area (Å²) in [6.45, 7) is 9.62. The van der Waals surface area contributed by atoms with Crippen LogP contribution < -0.4 is 0 Å². The van der Waals surface area contributed by atoms with Crippen molar-refractivity contribution in [2.75, 3.05) is 0 Å². The van der Waals surface area contributed by atoms with Crippen LogP contribution in [0.25, 0.3) is 6.08 Å². The SMILES string of the molecule is CC[C@H]1[C@@H](O)C2C3CCC([C@H](C)C/C=C/c4ccc(C(=O)O)c(O)c4)[C@@]3(C)CCC2[C@@]2(C)CC[C@@H](O)C[C@@H]12. The molecule has 5 rings (SSSR count). The lowest BCUT2D eigenvalue weighted by atomic mass is 9.41. The van der Waals surface area contributed by atoms with Crippen LogP contribution in [-0.4, -0.2) is 38.6 Å². The van der Waals surface area contributed by atoms with E-state index in [2.05, 4.69) is 33.8 Å². The molecule has 0 aromatic heterocycles. The molecule has 11 atom stereocenters. The fourth-order valence-corrected chi connectivity index (χ4v) is 10.3. The molecule has 4 unspecified atom stereocenters. The summed E-state index contributed by atoms with van der Waals surface area (Å²) in [5, 5.41) is 41.6. The first-order valence-corrected chi connectivity index (χ1v) is 15.1. The molecular weight excluding hydrogens is 476 g/mol. The van der Waals surface area contributed by atoms with E-state index in [1.165, 1.54) is 37.8 Å². The molecule has 5 nitrogen and oxygen atoms in total. The van der Waals surface area contributed by atoms with Gasteiger partial charge >= 0.3 is 5.97 Å². The average Bonchev–Trinajstić information content (AvgIpc) is 3.22. The molecule has 0 saturated heterocycles. The molecule has 0 aliphatic heterocycles. The number of rotatable bonds is 6. The molecule has 210 valence electrons. The maximum atomic E-state index is 11.9. The highest BCUT2D eigenvalue weighted by molar-refractivity contribution is 5.91. The van der Waals surface area contributed by atoms with Crippen LogP contribution >= 0.6 is 0 Å². The Hall–Kier alpha value is -1.85. The van der Waals surface area contributed by atoms with E-state index in [9.17, 15) is 20.1 Å². The molecule has 0 radical (unpaired) electrons. The quantitative estimate of drug-likeness (QED) is 0.330. The Morgan fingerprint density at radius 1 is 1.05 bits per heavy atom. The van der Waals surface area contributed by atoms with E-state index >= 15 is 0 Å². The van der Waals surface area contributed by atoms with Crippen LogP contribution in [0.4, 0.5) is 0 Å². The molecule has 0 amide bonds. The maximum absolute atomic E-state index is 11.9. The zero-order valence-electron chi connectivity index (χ0n) is 23.6. The first kappa shape index (κ1) is 27.7. The second-order valence-electron chi connectivity index (χ2n) is 13.8. The molecule has 5 heteroatoms. The second-order valence-corrected chi connectivity index (χ2v) is 13.8. The minimum Gasteiger partial charge on any atom is -0.507 e. The Balaban J connectivity index is 1.32. The molecule has 4 saturated carbocycles. The van der Waals surface area contributed by atoms with Crippen molar-refractivity contribution in [3.8, 4) is 5.75 Å². The summed E-state index contributed by atoms with van der Waals surface area (Å²) in [5.41, 5.74) is 1.22. The van der Waals surface area contributed by atoms with Crippen molar-refractivity contribution in [3.63, 3.8) is 0 Å². The topological polar surface area (TPSA) is 98.0 Å². The number of hydrogen-bond donors (Lipinski definition) is 4. The Bertz CT molecular complexity index is 1070. The van der Waals surface area contributed by atoms with Crippen LogP contribution in [0.2, 0.25) is 0 Å². The van der Waals surface area contributed by atoms with Gasteiger partial charge < -0.3 is 20.4 Å². The zero-order valence-corrected chi connectivity index (χ0v) is 23.6. The molecule has 1 aromatic rings. The molecule has 4 aliphatic carbocycles. The third kappa shape index (κ3) is 4.42. The van der Waals surface area contributed by atoms with Gasteiger partial charge in [-0.3, -0.25) is 0 Å². The van der Waals surface area contributed by atoms with Gasteiger partial charge in [-0.2, -0.15) is 0 Å². The fraction of sp³-hybridized carbons (Fsp3) is 0.727. The van der Waals surface area contributed by atoms with Crippen LogP contribution in [0.5, 0.6) is 5.75 Å². The van der Waals surface area contributed by atoms with Gasteiger partial charge in [0.05, 0.1) is 12.2 Å². The van der Waals surface area contributed by atoms with Gasteiger partial charge in [0.1, 0.15) is 11.3 Å². The number of carboxylic acid groups (broad SMARTS) is 1. The molecule has 1 aromatic carbocycles. The van der Waals surface area contributed by atoms with Crippen molar-refractivity contribution in [3.05, 3.63) is 35.4 Å². The predicted octanol–water partition coefficient (Wildman–Crippen LogP) is 6.76. The summed E-state index contributed by atoms with van der Waals surface area (Å²) < 4.78 is 0. The van der Waals surface area contributed by atoms with E-state index < -0.39 is 5.97 Å². The van der Waals surface area contributed by atoms with Gasteiger partial charge in [-0.25, -0.2) is 4.79 Å².